The van der Waals surface area contributed by atoms with Crippen molar-refractivity contribution >= 4 is 28.3 Å². The topological polar surface area (TPSA) is 118 Å². The van der Waals surface area contributed by atoms with Gasteiger partial charge in [0, 0.05) is 37.1 Å². The van der Waals surface area contributed by atoms with Crippen LogP contribution in [0, 0.1) is 5.82 Å². The first kappa shape index (κ1) is 43.5. The number of morpholine rings is 1. The van der Waals surface area contributed by atoms with Crippen molar-refractivity contribution in [3.63, 3.8) is 0 Å². The number of aromatic nitrogens is 5. The fourth-order valence-electron chi connectivity index (χ4n) is 8.78. The summed E-state index contributed by atoms with van der Waals surface area (Å²) in [7, 11) is 2.66. The first-order valence-electron chi connectivity index (χ1n) is 21.1. The molecule has 0 atom stereocenters. The summed E-state index contributed by atoms with van der Waals surface area (Å²) in [5.74, 6) is -1.73. The van der Waals surface area contributed by atoms with E-state index in [4.69, 9.17) is 14.2 Å². The number of benzene rings is 6. The molecule has 0 spiro atoms. The predicted molar refractivity (Wildman–Crippen MR) is 241 cm³/mol. The first-order valence-corrected chi connectivity index (χ1v) is 21.1. The lowest BCUT2D eigenvalue weighted by molar-refractivity contribution is -0.137. The van der Waals surface area contributed by atoms with Gasteiger partial charge in [0.05, 0.1) is 36.9 Å². The number of fused-ring (bicyclic) bond motifs is 1. The number of hydrogen-bond donors (Lipinski definition) is 1. The number of amides is 1. The first-order chi connectivity index (χ1) is 32.0. The second kappa shape index (κ2) is 18.0. The van der Waals surface area contributed by atoms with Crippen LogP contribution in [0.2, 0.25) is 0 Å². The molecular weight excluding hydrogens is 855 g/mol. The van der Waals surface area contributed by atoms with Gasteiger partial charge < -0.3 is 24.4 Å². The molecule has 1 fully saturated rings. The van der Waals surface area contributed by atoms with E-state index in [0.717, 1.165) is 49.7 Å². The number of nitrogens with zero attached hydrogens (tertiary/aromatic N) is 6. The number of carbonyl (C=O) groups is 1. The Hall–Kier alpha value is -7.72. The maximum atomic E-state index is 16.6. The van der Waals surface area contributed by atoms with E-state index in [-0.39, 0.29) is 40.3 Å². The molecule has 16 heteroatoms. The summed E-state index contributed by atoms with van der Waals surface area (Å²) < 4.78 is 81.7. The van der Waals surface area contributed by atoms with Gasteiger partial charge in [0.15, 0.2) is 23.1 Å². The molecule has 1 amide bonds. The molecule has 0 saturated carbocycles. The Balaban J connectivity index is 1.07. The van der Waals surface area contributed by atoms with Crippen LogP contribution in [-0.4, -0.2) is 63.2 Å². The number of hydrogen-bond acceptors (Lipinski definition) is 8. The minimum atomic E-state index is -4.88. The van der Waals surface area contributed by atoms with Crippen molar-refractivity contribution in [2.24, 2.45) is 7.05 Å². The Bertz CT molecular complexity index is 2980. The quantitative estimate of drug-likeness (QED) is 0.0904. The number of imidazole rings is 1. The average Bonchev–Trinajstić information content (AvgIpc) is 3.90. The molecule has 0 unspecified atom stereocenters. The molecule has 2 aromatic heterocycles. The highest BCUT2D eigenvalue weighted by atomic mass is 19.4. The molecule has 336 valence electrons. The van der Waals surface area contributed by atoms with Gasteiger partial charge >= 0.3 is 11.9 Å². The lowest BCUT2D eigenvalue weighted by Crippen LogP contribution is -2.38. The van der Waals surface area contributed by atoms with E-state index in [9.17, 15) is 22.8 Å². The second-order valence-corrected chi connectivity index (χ2v) is 15.7. The number of halogens is 4. The van der Waals surface area contributed by atoms with E-state index in [2.05, 4.69) is 20.4 Å². The van der Waals surface area contributed by atoms with Gasteiger partial charge in [-0.25, -0.2) is 9.18 Å². The normalized spacial score (nSPS) is 13.2. The van der Waals surface area contributed by atoms with Gasteiger partial charge in [-0.15, -0.1) is 10.2 Å². The summed E-state index contributed by atoms with van der Waals surface area (Å²) >= 11 is 0. The Morgan fingerprint density at radius 1 is 0.803 bits per heavy atom. The summed E-state index contributed by atoms with van der Waals surface area (Å²) in [6.07, 6.45) is -3.29. The lowest BCUT2D eigenvalue weighted by atomic mass is 9.76. The van der Waals surface area contributed by atoms with E-state index in [0.29, 0.717) is 37.8 Å². The zero-order valence-electron chi connectivity index (χ0n) is 35.8. The van der Waals surface area contributed by atoms with Crippen LogP contribution in [0.5, 0.6) is 11.5 Å². The van der Waals surface area contributed by atoms with Crippen molar-refractivity contribution < 1.29 is 36.6 Å². The van der Waals surface area contributed by atoms with Crippen LogP contribution >= 0.6 is 0 Å². The van der Waals surface area contributed by atoms with Gasteiger partial charge in [-0.2, -0.15) is 13.2 Å². The number of anilines is 2. The van der Waals surface area contributed by atoms with Crippen molar-refractivity contribution in [2.45, 2.75) is 24.9 Å². The van der Waals surface area contributed by atoms with Gasteiger partial charge in [-0.3, -0.25) is 18.5 Å². The standard InChI is InChI=1S/C50H43F4N7O5/c1-58-46-40(27-37(50(52,53)54)28-42(46)60(48(58)63)30-45(62)56-38-19-12-20-39(29-38)59-21-23-65-24-22-59)33-25-41(51)47(43(26-33)64-2)66-31-44-57-55-32-61(44)49(34-13-6-3-7-14-34,35-15-8-4-9-16-35)36-17-10-5-11-18-36/h3-20,25-29,32H,21-24,30-31H2,1-2H3,(H,56,62). The molecule has 9 rings (SSSR count). The SMILES string of the molecule is COc1cc(-c2cc(C(F)(F)F)cc3c2n(C)c(=O)n3CC(=O)Nc2cccc(N3CCOCC3)c2)cc(F)c1OCc1nncn1C(c1ccccc1)(c1ccccc1)c1ccccc1. The van der Waals surface area contributed by atoms with Crippen molar-refractivity contribution in [1.82, 2.24) is 23.9 Å². The average molecular weight is 898 g/mol. The number of nitrogens with one attached hydrogen (secondary N) is 1. The minimum Gasteiger partial charge on any atom is -0.493 e. The van der Waals surface area contributed by atoms with Crippen LogP contribution in [0.4, 0.5) is 28.9 Å². The van der Waals surface area contributed by atoms with Gasteiger partial charge in [0.2, 0.25) is 5.91 Å². The van der Waals surface area contributed by atoms with Crippen molar-refractivity contribution in [3.05, 3.63) is 190 Å². The van der Waals surface area contributed by atoms with Crippen LogP contribution in [0.3, 0.4) is 0 Å². The second-order valence-electron chi connectivity index (χ2n) is 15.7. The summed E-state index contributed by atoms with van der Waals surface area (Å²) in [6.45, 7) is 1.56. The molecule has 0 radical (unpaired) electrons. The van der Waals surface area contributed by atoms with E-state index in [1.165, 1.54) is 20.2 Å². The fourth-order valence-corrected chi connectivity index (χ4v) is 8.78. The third-order valence-corrected chi connectivity index (χ3v) is 11.8. The van der Waals surface area contributed by atoms with Crippen molar-refractivity contribution in [1.29, 1.82) is 0 Å². The molecule has 1 saturated heterocycles. The molecule has 6 aromatic carbocycles. The van der Waals surface area contributed by atoms with E-state index < -0.39 is 41.2 Å². The third-order valence-electron chi connectivity index (χ3n) is 11.8. The maximum Gasteiger partial charge on any atom is 0.416 e. The zero-order chi connectivity index (χ0) is 46.0. The Morgan fingerprint density at radius 2 is 1.44 bits per heavy atom. The zero-order valence-corrected chi connectivity index (χ0v) is 35.8. The lowest BCUT2D eigenvalue weighted by Gasteiger charge is -2.38. The van der Waals surface area contributed by atoms with E-state index >= 15 is 4.39 Å². The molecule has 0 bridgehead atoms. The highest BCUT2D eigenvalue weighted by molar-refractivity contribution is 5.96. The maximum absolute atomic E-state index is 16.6. The minimum absolute atomic E-state index is 0.0376. The summed E-state index contributed by atoms with van der Waals surface area (Å²) in [5.41, 5.74) is 0.805. The largest absolute Gasteiger partial charge is 0.493 e. The number of carbonyl (C=O) groups excluding carboxylic acids is 1. The van der Waals surface area contributed by atoms with E-state index in [1.54, 1.807) is 24.5 Å². The van der Waals surface area contributed by atoms with Crippen LogP contribution in [0.15, 0.2) is 151 Å². The molecule has 1 aliphatic rings. The van der Waals surface area contributed by atoms with E-state index in [1.807, 2.05) is 102 Å². The highest BCUT2D eigenvalue weighted by Crippen LogP contribution is 2.43. The Morgan fingerprint density at radius 3 is 2.05 bits per heavy atom. The molecular formula is C50H43F4N7O5. The van der Waals surface area contributed by atoms with Gasteiger partial charge in [-0.1, -0.05) is 97.1 Å². The summed E-state index contributed by atoms with van der Waals surface area (Å²) in [6, 6.07) is 40.6. The Labute approximate surface area is 376 Å². The van der Waals surface area contributed by atoms with Crippen LogP contribution in [0.1, 0.15) is 28.1 Å². The molecule has 1 aliphatic heterocycles. The monoisotopic (exact) mass is 897 g/mol. The molecule has 12 nitrogen and oxygen atoms in total. The van der Waals surface area contributed by atoms with Crippen molar-refractivity contribution in [2.75, 3.05) is 43.6 Å². The highest BCUT2D eigenvalue weighted by Gasteiger charge is 2.40. The van der Waals surface area contributed by atoms with Gasteiger partial charge in [-0.05, 0) is 64.7 Å². The number of aryl methyl sites for hydroxylation is 1. The molecule has 66 heavy (non-hydrogen) atoms. The van der Waals surface area contributed by atoms with Crippen LogP contribution < -0.4 is 25.4 Å². The molecule has 0 aliphatic carbocycles. The summed E-state index contributed by atoms with van der Waals surface area (Å²) in [5, 5.41) is 11.5. The number of alkyl halides is 3. The number of methoxy groups -OCH3 is 1. The number of rotatable bonds is 13. The predicted octanol–water partition coefficient (Wildman–Crippen LogP) is 8.66. The van der Waals surface area contributed by atoms with Crippen molar-refractivity contribution in [3.8, 4) is 22.6 Å². The molecule has 8 aromatic rings. The Kier molecular flexibility index (Phi) is 11.9. The van der Waals surface area contributed by atoms with Gasteiger partial charge in [0.25, 0.3) is 0 Å². The molecule has 3 heterocycles. The van der Waals surface area contributed by atoms with Gasteiger partial charge in [0.1, 0.15) is 25.0 Å². The summed E-state index contributed by atoms with van der Waals surface area (Å²) in [4.78, 5) is 29.4. The third kappa shape index (κ3) is 8.15. The smallest absolute Gasteiger partial charge is 0.416 e. The fraction of sp³-hybridized carbons (Fsp3) is 0.200. The van der Waals surface area contributed by atoms with Crippen LogP contribution in [0.25, 0.3) is 22.2 Å². The molecule has 1 N–H and O–H groups in total. The van der Waals surface area contributed by atoms with Crippen LogP contribution in [-0.2, 0) is 41.4 Å². The number of ether oxygens (including phenoxy) is 3.